The van der Waals surface area contributed by atoms with Crippen molar-refractivity contribution in [1.82, 2.24) is 10.2 Å². The summed E-state index contributed by atoms with van der Waals surface area (Å²) in [6.07, 6.45) is 0.784. The van der Waals surface area contributed by atoms with Gasteiger partial charge in [0.25, 0.3) is 0 Å². The lowest BCUT2D eigenvalue weighted by Crippen LogP contribution is -2.44. The number of amides is 1. The van der Waals surface area contributed by atoms with Crippen molar-refractivity contribution in [3.63, 3.8) is 0 Å². The standard InChI is InChI=1S/C15H18F2N2O.ClH/c16-13-2-1-3-14(17)12(13)6-15(20)19-5-4-10-7-18-8-11(10)9-19;/h1-3,10-11,18H,4-9H2;1H. The van der Waals surface area contributed by atoms with Gasteiger partial charge in [0.2, 0.25) is 5.91 Å². The van der Waals surface area contributed by atoms with Gasteiger partial charge in [-0.3, -0.25) is 4.79 Å². The molecule has 2 aliphatic rings. The predicted octanol–water partition coefficient (Wildman–Crippen LogP) is 2.00. The summed E-state index contributed by atoms with van der Waals surface area (Å²) in [5.74, 6) is -0.340. The lowest BCUT2D eigenvalue weighted by atomic mass is 9.88. The lowest BCUT2D eigenvalue weighted by molar-refractivity contribution is -0.132. The van der Waals surface area contributed by atoms with Crippen LogP contribution in [0.25, 0.3) is 0 Å². The SMILES string of the molecule is Cl.O=C(Cc1c(F)cccc1F)N1CCC2CNCC2C1. The first-order chi connectivity index (χ1) is 9.65. The van der Waals surface area contributed by atoms with Crippen molar-refractivity contribution in [3.05, 3.63) is 35.4 Å². The molecule has 1 aromatic carbocycles. The lowest BCUT2D eigenvalue weighted by Gasteiger charge is -2.34. The highest BCUT2D eigenvalue weighted by atomic mass is 35.5. The van der Waals surface area contributed by atoms with Crippen LogP contribution in [0.3, 0.4) is 0 Å². The van der Waals surface area contributed by atoms with Gasteiger partial charge < -0.3 is 10.2 Å². The van der Waals surface area contributed by atoms with E-state index in [9.17, 15) is 13.6 Å². The van der Waals surface area contributed by atoms with Crippen molar-refractivity contribution in [2.75, 3.05) is 26.2 Å². The van der Waals surface area contributed by atoms with Gasteiger partial charge in [0.1, 0.15) is 11.6 Å². The van der Waals surface area contributed by atoms with Gasteiger partial charge in [-0.25, -0.2) is 8.78 Å². The number of benzene rings is 1. The van der Waals surface area contributed by atoms with E-state index in [0.717, 1.165) is 19.5 Å². The van der Waals surface area contributed by atoms with Crippen LogP contribution < -0.4 is 5.32 Å². The molecule has 1 aromatic rings. The molecule has 0 radical (unpaired) electrons. The Hall–Kier alpha value is -1.20. The molecule has 0 aliphatic carbocycles. The molecule has 3 rings (SSSR count). The molecule has 2 atom stereocenters. The Bertz CT molecular complexity index is 506. The summed E-state index contributed by atoms with van der Waals surface area (Å²) in [7, 11) is 0. The van der Waals surface area contributed by atoms with Crippen LogP contribution >= 0.6 is 12.4 Å². The van der Waals surface area contributed by atoms with Gasteiger partial charge in [0.15, 0.2) is 0 Å². The normalized spacial score (nSPS) is 24.4. The third-order valence-electron chi connectivity index (χ3n) is 4.45. The van der Waals surface area contributed by atoms with Crippen molar-refractivity contribution < 1.29 is 13.6 Å². The van der Waals surface area contributed by atoms with Gasteiger partial charge >= 0.3 is 0 Å². The van der Waals surface area contributed by atoms with Crippen LogP contribution in [-0.2, 0) is 11.2 Å². The molecule has 1 amide bonds. The largest absolute Gasteiger partial charge is 0.342 e. The number of carbonyl (C=O) groups is 1. The maximum atomic E-state index is 13.6. The summed E-state index contributed by atoms with van der Waals surface area (Å²) in [5.41, 5.74) is -0.121. The first-order valence-corrected chi connectivity index (χ1v) is 7.06. The second kappa shape index (κ2) is 6.71. The van der Waals surface area contributed by atoms with E-state index in [2.05, 4.69) is 5.32 Å². The molecule has 2 heterocycles. The van der Waals surface area contributed by atoms with E-state index >= 15 is 0 Å². The molecule has 116 valence electrons. The number of piperidine rings is 1. The number of fused-ring (bicyclic) bond motifs is 1. The first-order valence-electron chi connectivity index (χ1n) is 7.06. The molecule has 0 aromatic heterocycles. The Morgan fingerprint density at radius 2 is 1.90 bits per heavy atom. The Morgan fingerprint density at radius 1 is 1.24 bits per heavy atom. The molecule has 6 heteroatoms. The molecule has 3 nitrogen and oxygen atoms in total. The van der Waals surface area contributed by atoms with Crippen LogP contribution in [0.1, 0.15) is 12.0 Å². The van der Waals surface area contributed by atoms with Crippen molar-refractivity contribution in [2.24, 2.45) is 11.8 Å². The number of halogens is 3. The molecule has 21 heavy (non-hydrogen) atoms. The number of hydrogen-bond acceptors (Lipinski definition) is 2. The number of rotatable bonds is 2. The summed E-state index contributed by atoms with van der Waals surface area (Å²) < 4.78 is 27.1. The van der Waals surface area contributed by atoms with E-state index in [4.69, 9.17) is 0 Å². The fourth-order valence-electron chi connectivity index (χ4n) is 3.23. The number of carbonyl (C=O) groups excluding carboxylic acids is 1. The smallest absolute Gasteiger partial charge is 0.227 e. The van der Waals surface area contributed by atoms with E-state index in [0.29, 0.717) is 24.9 Å². The van der Waals surface area contributed by atoms with E-state index in [1.807, 2.05) is 0 Å². The van der Waals surface area contributed by atoms with E-state index in [-0.39, 0.29) is 30.3 Å². The number of nitrogens with one attached hydrogen (secondary N) is 1. The highest BCUT2D eigenvalue weighted by Crippen LogP contribution is 2.27. The van der Waals surface area contributed by atoms with Crippen molar-refractivity contribution >= 4 is 18.3 Å². The van der Waals surface area contributed by atoms with Crippen molar-refractivity contribution in [3.8, 4) is 0 Å². The van der Waals surface area contributed by atoms with Gasteiger partial charge in [-0.1, -0.05) is 6.07 Å². The highest BCUT2D eigenvalue weighted by Gasteiger charge is 2.34. The van der Waals surface area contributed by atoms with Crippen LogP contribution in [0, 0.1) is 23.5 Å². The molecular formula is C15H19ClF2N2O. The summed E-state index contributed by atoms with van der Waals surface area (Å²) >= 11 is 0. The molecule has 1 N–H and O–H groups in total. The van der Waals surface area contributed by atoms with Crippen LogP contribution in [0.4, 0.5) is 8.78 Å². The minimum Gasteiger partial charge on any atom is -0.342 e. The third kappa shape index (κ3) is 3.35. The number of nitrogens with zero attached hydrogens (tertiary/aromatic N) is 1. The molecular weight excluding hydrogens is 298 g/mol. The second-order valence-corrected chi connectivity index (χ2v) is 5.68. The average molecular weight is 317 g/mol. The summed E-state index contributed by atoms with van der Waals surface area (Å²) in [6.45, 7) is 3.35. The number of likely N-dealkylation sites (tertiary alicyclic amines) is 1. The third-order valence-corrected chi connectivity index (χ3v) is 4.45. The van der Waals surface area contributed by atoms with Crippen LogP contribution in [0.15, 0.2) is 18.2 Å². The van der Waals surface area contributed by atoms with E-state index in [1.54, 1.807) is 4.90 Å². The Labute approximate surface area is 129 Å². The molecule has 2 saturated heterocycles. The van der Waals surface area contributed by atoms with E-state index < -0.39 is 11.6 Å². The monoisotopic (exact) mass is 316 g/mol. The maximum absolute atomic E-state index is 13.6. The fraction of sp³-hybridized carbons (Fsp3) is 0.533. The zero-order valence-corrected chi connectivity index (χ0v) is 12.5. The molecule has 0 bridgehead atoms. The van der Waals surface area contributed by atoms with Gasteiger partial charge in [-0.15, -0.1) is 12.4 Å². The molecule has 2 unspecified atom stereocenters. The average Bonchev–Trinajstić information content (AvgIpc) is 2.90. The fourth-order valence-corrected chi connectivity index (χ4v) is 3.23. The van der Waals surface area contributed by atoms with E-state index in [1.165, 1.54) is 18.2 Å². The van der Waals surface area contributed by atoms with Gasteiger partial charge in [0, 0.05) is 18.7 Å². The van der Waals surface area contributed by atoms with Gasteiger partial charge in [-0.05, 0) is 43.5 Å². The summed E-state index contributed by atoms with van der Waals surface area (Å²) in [6, 6.07) is 3.70. The van der Waals surface area contributed by atoms with Gasteiger partial charge in [-0.2, -0.15) is 0 Å². The molecule has 2 fully saturated rings. The zero-order valence-electron chi connectivity index (χ0n) is 11.6. The highest BCUT2D eigenvalue weighted by molar-refractivity contribution is 5.85. The van der Waals surface area contributed by atoms with Gasteiger partial charge in [0.05, 0.1) is 6.42 Å². The molecule has 0 saturated carbocycles. The molecule has 0 spiro atoms. The Morgan fingerprint density at radius 3 is 2.62 bits per heavy atom. The summed E-state index contributed by atoms with van der Waals surface area (Å²) in [5, 5.41) is 3.33. The Kier molecular flexibility index (Phi) is 5.17. The Balaban J connectivity index is 0.00000161. The van der Waals surface area contributed by atoms with Crippen molar-refractivity contribution in [1.29, 1.82) is 0 Å². The summed E-state index contributed by atoms with van der Waals surface area (Å²) in [4.78, 5) is 14.0. The van der Waals surface area contributed by atoms with Crippen LogP contribution in [0.5, 0.6) is 0 Å². The predicted molar refractivity (Wildman–Crippen MR) is 78.4 cm³/mol. The quantitative estimate of drug-likeness (QED) is 0.905. The number of hydrogen-bond donors (Lipinski definition) is 1. The zero-order chi connectivity index (χ0) is 14.1. The maximum Gasteiger partial charge on any atom is 0.227 e. The molecule has 2 aliphatic heterocycles. The van der Waals surface area contributed by atoms with Crippen LogP contribution in [-0.4, -0.2) is 37.0 Å². The van der Waals surface area contributed by atoms with Crippen LogP contribution in [0.2, 0.25) is 0 Å². The van der Waals surface area contributed by atoms with Crippen molar-refractivity contribution in [2.45, 2.75) is 12.8 Å². The topological polar surface area (TPSA) is 32.3 Å². The second-order valence-electron chi connectivity index (χ2n) is 5.68. The minimum atomic E-state index is -0.643. The minimum absolute atomic E-state index is 0. The first kappa shape index (κ1) is 16.2.